The summed E-state index contributed by atoms with van der Waals surface area (Å²) in [6.45, 7) is 1.60. The highest BCUT2D eigenvalue weighted by Gasteiger charge is 2.26. The molecule has 0 saturated carbocycles. The lowest BCUT2D eigenvalue weighted by molar-refractivity contribution is -0.127. The Morgan fingerprint density at radius 1 is 0.531 bits per heavy atom. The average Bonchev–Trinajstić information content (AvgIpc) is 4.12. The molecule has 0 bridgehead atoms. The van der Waals surface area contributed by atoms with E-state index in [0.717, 1.165) is 130 Å². The van der Waals surface area contributed by atoms with Gasteiger partial charge in [0.05, 0.1) is 57.7 Å². The molecule has 4 aromatic carbocycles. The lowest BCUT2D eigenvalue weighted by Gasteiger charge is -2.17. The fourth-order valence-electron chi connectivity index (χ4n) is 9.26. The molecule has 328 valence electrons. The quantitative estimate of drug-likeness (QED) is 0.0708. The van der Waals surface area contributed by atoms with Crippen LogP contribution in [0, 0.1) is 0 Å². The number of hydrogen-bond acceptors (Lipinski definition) is 8. The Morgan fingerprint density at radius 3 is 1.33 bits per heavy atom. The van der Waals surface area contributed by atoms with E-state index in [1.807, 2.05) is 60.9 Å². The normalized spacial score (nSPS) is 13.2. The van der Waals surface area contributed by atoms with Crippen LogP contribution in [-0.4, -0.2) is 84.5 Å². The maximum atomic E-state index is 12.3. The number of nitrogens with one attached hydrogen (secondary N) is 4. The Balaban J connectivity index is 0.000000162. The Hall–Kier alpha value is -7.08. The van der Waals surface area contributed by atoms with E-state index >= 15 is 0 Å². The van der Waals surface area contributed by atoms with Gasteiger partial charge in [0, 0.05) is 88.4 Å². The van der Waals surface area contributed by atoms with E-state index in [-0.39, 0.29) is 18.0 Å². The summed E-state index contributed by atoms with van der Waals surface area (Å²) < 4.78 is 21.5. The molecular formula is C52H54N6O6. The van der Waals surface area contributed by atoms with Crippen LogP contribution in [0.15, 0.2) is 95.2 Å². The number of aromatic nitrogens is 4. The van der Waals surface area contributed by atoms with Crippen molar-refractivity contribution < 1.29 is 28.5 Å². The zero-order chi connectivity index (χ0) is 44.2. The zero-order valence-electron chi connectivity index (χ0n) is 36.9. The highest BCUT2D eigenvalue weighted by molar-refractivity contribution is 6.20. The molecule has 12 heteroatoms. The second-order valence-electron chi connectivity index (χ2n) is 16.5. The third kappa shape index (κ3) is 8.77. The number of nitrogens with zero attached hydrogens (tertiary/aromatic N) is 2. The molecule has 12 nitrogen and oxygen atoms in total. The summed E-state index contributed by atoms with van der Waals surface area (Å²) in [6, 6.07) is 24.3. The van der Waals surface area contributed by atoms with Crippen LogP contribution >= 0.6 is 0 Å². The third-order valence-corrected chi connectivity index (χ3v) is 12.6. The van der Waals surface area contributed by atoms with E-state index in [4.69, 9.17) is 28.9 Å². The van der Waals surface area contributed by atoms with Crippen molar-refractivity contribution in [1.82, 2.24) is 19.9 Å². The number of H-pyrrole nitrogens is 4. The minimum atomic E-state index is 0.0225. The van der Waals surface area contributed by atoms with Crippen LogP contribution in [0.2, 0.25) is 0 Å². The first kappa shape index (κ1) is 42.2. The predicted molar refractivity (Wildman–Crippen MR) is 255 cm³/mol. The summed E-state index contributed by atoms with van der Waals surface area (Å²) in [5.74, 6) is 3.44. The molecule has 6 heterocycles. The molecule has 8 aromatic rings. The molecule has 0 amide bonds. The number of aromatic amines is 4. The Labute approximate surface area is 371 Å². The number of methoxy groups -OCH3 is 4. The lowest BCUT2D eigenvalue weighted by atomic mass is 9.95. The number of fused-ring (bicyclic) bond motifs is 8. The molecule has 0 saturated heterocycles. The van der Waals surface area contributed by atoms with Crippen molar-refractivity contribution in [2.75, 3.05) is 41.5 Å². The van der Waals surface area contributed by atoms with E-state index in [1.165, 1.54) is 33.0 Å². The summed E-state index contributed by atoms with van der Waals surface area (Å²) in [5.41, 5.74) is 13.8. The highest BCUT2D eigenvalue weighted by atomic mass is 16.5. The monoisotopic (exact) mass is 858 g/mol. The molecule has 0 spiro atoms. The first-order valence-electron chi connectivity index (χ1n) is 22.1. The topological polar surface area (TPSA) is 159 Å². The SMILES string of the molecule is COc1ccc2[nH]c3c(c2c1)CCN=C3CC1=NCCc2c1[nH]c1ccc(OC)cc21.COc1ccc2[nH]cc(CCCC(=O)CC(=O)CCCc3c[nH]c4ccc(OC)cc34)c2c1. The van der Waals surface area contributed by atoms with Gasteiger partial charge in [0.1, 0.15) is 34.6 Å². The van der Waals surface area contributed by atoms with Crippen molar-refractivity contribution in [1.29, 1.82) is 0 Å². The first-order valence-corrected chi connectivity index (χ1v) is 22.1. The van der Waals surface area contributed by atoms with E-state index in [9.17, 15) is 9.59 Å². The van der Waals surface area contributed by atoms with E-state index < -0.39 is 0 Å². The molecular weight excluding hydrogens is 805 g/mol. The molecule has 0 unspecified atom stereocenters. The number of carbonyl (C=O) groups is 2. The average molecular weight is 859 g/mol. The van der Waals surface area contributed by atoms with Crippen molar-refractivity contribution in [2.45, 2.75) is 64.2 Å². The van der Waals surface area contributed by atoms with Gasteiger partial charge in [0.25, 0.3) is 0 Å². The molecule has 0 fully saturated rings. The van der Waals surface area contributed by atoms with Gasteiger partial charge in [0.2, 0.25) is 0 Å². The van der Waals surface area contributed by atoms with Crippen LogP contribution in [0.4, 0.5) is 0 Å². The minimum Gasteiger partial charge on any atom is -0.497 e. The molecule has 4 aromatic heterocycles. The summed E-state index contributed by atoms with van der Waals surface area (Å²) >= 11 is 0. The first-order chi connectivity index (χ1) is 31.3. The molecule has 4 N–H and O–H groups in total. The summed E-state index contributed by atoms with van der Waals surface area (Å²) in [4.78, 5) is 48.1. The summed E-state index contributed by atoms with van der Waals surface area (Å²) in [5, 5.41) is 4.69. The van der Waals surface area contributed by atoms with Gasteiger partial charge in [-0.1, -0.05) is 0 Å². The molecule has 0 atom stereocenters. The second kappa shape index (κ2) is 18.7. The summed E-state index contributed by atoms with van der Waals surface area (Å²) in [7, 11) is 6.73. The molecule has 10 rings (SSSR count). The maximum absolute atomic E-state index is 12.3. The number of benzene rings is 4. The maximum Gasteiger partial charge on any atom is 0.140 e. The van der Waals surface area contributed by atoms with Gasteiger partial charge in [-0.25, -0.2) is 0 Å². The lowest BCUT2D eigenvalue weighted by Crippen LogP contribution is -2.20. The molecule has 2 aliphatic heterocycles. The number of carbonyl (C=O) groups excluding carboxylic acids is 2. The molecule has 64 heavy (non-hydrogen) atoms. The van der Waals surface area contributed by atoms with Crippen LogP contribution in [0.3, 0.4) is 0 Å². The van der Waals surface area contributed by atoms with Gasteiger partial charge in [-0.2, -0.15) is 0 Å². The zero-order valence-corrected chi connectivity index (χ0v) is 36.9. The van der Waals surface area contributed by atoms with Gasteiger partial charge < -0.3 is 38.9 Å². The predicted octanol–water partition coefficient (Wildman–Crippen LogP) is 9.99. The van der Waals surface area contributed by atoms with Crippen molar-refractivity contribution in [3.63, 3.8) is 0 Å². The minimum absolute atomic E-state index is 0.0225. The van der Waals surface area contributed by atoms with Crippen LogP contribution in [0.1, 0.15) is 72.2 Å². The molecule has 0 radical (unpaired) electrons. The standard InChI is InChI=1S/C27H30N2O4.C25H24N4O2/c1-32-22-9-11-26-24(14-22)18(16-28-26)5-3-7-20(30)13-21(31)8-4-6-19-17-29-27-12-10-23(33-2)15-25(19)27;1-30-14-3-5-20-18(11-14)16-7-9-26-22(24(16)28-20)13-23-25-17(8-10-27-23)19-12-15(31-2)4-6-21(19)29-25/h9-12,14-17,28-29H,3-8,13H2,1-2H3;3-6,11-12,28-29H,7-10,13H2,1-2H3. The summed E-state index contributed by atoms with van der Waals surface area (Å²) in [6.07, 6.45) is 10.5. The van der Waals surface area contributed by atoms with Gasteiger partial charge in [0.15, 0.2) is 0 Å². The third-order valence-electron chi connectivity index (χ3n) is 12.6. The number of aliphatic imine (C=N–C) groups is 2. The number of ketones is 2. The van der Waals surface area contributed by atoms with Gasteiger partial charge in [-0.15, -0.1) is 0 Å². The smallest absolute Gasteiger partial charge is 0.140 e. The van der Waals surface area contributed by atoms with Crippen LogP contribution in [0.25, 0.3) is 43.6 Å². The van der Waals surface area contributed by atoms with Crippen molar-refractivity contribution in [2.24, 2.45) is 9.98 Å². The second-order valence-corrected chi connectivity index (χ2v) is 16.5. The number of rotatable bonds is 16. The van der Waals surface area contributed by atoms with Crippen LogP contribution in [0.5, 0.6) is 23.0 Å². The fourth-order valence-corrected chi connectivity index (χ4v) is 9.26. The van der Waals surface area contributed by atoms with Gasteiger partial charge in [-0.3, -0.25) is 19.6 Å². The van der Waals surface area contributed by atoms with Crippen molar-refractivity contribution in [3.05, 3.63) is 119 Å². The van der Waals surface area contributed by atoms with Crippen molar-refractivity contribution >= 4 is 66.6 Å². The fraction of sp³-hybridized carbons (Fsp3) is 0.308. The number of ether oxygens (including phenoxy) is 4. The van der Waals surface area contributed by atoms with Gasteiger partial charge >= 0.3 is 0 Å². The van der Waals surface area contributed by atoms with E-state index in [2.05, 4.69) is 44.2 Å². The molecule has 0 aliphatic carbocycles. The van der Waals surface area contributed by atoms with Crippen LogP contribution in [-0.2, 0) is 35.3 Å². The molecule has 2 aliphatic rings. The van der Waals surface area contributed by atoms with Crippen LogP contribution < -0.4 is 18.9 Å². The van der Waals surface area contributed by atoms with Gasteiger partial charge in [-0.05, 0) is 134 Å². The Morgan fingerprint density at radius 2 is 0.922 bits per heavy atom. The van der Waals surface area contributed by atoms with Crippen molar-refractivity contribution in [3.8, 4) is 23.0 Å². The van der Waals surface area contributed by atoms with E-state index in [0.29, 0.717) is 19.3 Å². The number of hydrogen-bond donors (Lipinski definition) is 4. The highest BCUT2D eigenvalue weighted by Crippen LogP contribution is 2.34. The van der Waals surface area contributed by atoms with E-state index in [1.54, 1.807) is 28.4 Å². The number of aryl methyl sites for hydroxylation is 2. The Kier molecular flexibility index (Phi) is 12.4. The Bertz CT molecular complexity index is 2870. The number of Topliss-reactive ketones (excluding diaryl/α,β-unsaturated/α-hetero) is 2. The largest absolute Gasteiger partial charge is 0.497 e.